The number of nitrogens with zero attached hydrogens (tertiary/aromatic N) is 4. The number of halogens is 1. The molecule has 0 radical (unpaired) electrons. The number of benzene rings is 2. The van der Waals surface area contributed by atoms with Gasteiger partial charge in [0.15, 0.2) is 0 Å². The predicted octanol–water partition coefficient (Wildman–Crippen LogP) is 3.30. The summed E-state index contributed by atoms with van der Waals surface area (Å²) in [6, 6.07) is 14.1. The minimum absolute atomic E-state index is 0.186. The maximum Gasteiger partial charge on any atom is 0.246 e. The van der Waals surface area contributed by atoms with E-state index < -0.39 is 10.0 Å². The van der Waals surface area contributed by atoms with Gasteiger partial charge in [-0.05, 0) is 66.7 Å². The Morgan fingerprint density at radius 1 is 1.12 bits per heavy atom. The van der Waals surface area contributed by atoms with Gasteiger partial charge in [-0.3, -0.25) is 9.58 Å². The lowest BCUT2D eigenvalue weighted by Gasteiger charge is -2.40. The van der Waals surface area contributed by atoms with Crippen LogP contribution in [0.2, 0.25) is 0 Å². The molecule has 2 aliphatic heterocycles. The van der Waals surface area contributed by atoms with Crippen LogP contribution < -0.4 is 0 Å². The average Bonchev–Trinajstić information content (AvgIpc) is 3.30. The van der Waals surface area contributed by atoms with E-state index in [0.29, 0.717) is 25.0 Å². The van der Waals surface area contributed by atoms with Crippen LogP contribution in [0, 0.1) is 5.82 Å². The first-order valence-electron chi connectivity index (χ1n) is 12.0. The standard InChI is InChI=1S/C26H29FN4O2S/c1-29-17-23(14-28-29)34(32,33)31-15-21(16-31)19-6-7-20-13-26(30-8-3-9-30)25(24(20)12-19)11-18-4-2-5-22(27)10-18/h2,4-7,10,12,14,17,21,25-26H,3,8-9,11,13,15-16H2,1H3. The fourth-order valence-electron chi connectivity index (χ4n) is 5.72. The van der Waals surface area contributed by atoms with Crippen molar-refractivity contribution in [1.29, 1.82) is 0 Å². The molecule has 0 spiro atoms. The van der Waals surface area contributed by atoms with Crippen molar-refractivity contribution in [2.75, 3.05) is 26.2 Å². The van der Waals surface area contributed by atoms with Gasteiger partial charge in [-0.25, -0.2) is 12.8 Å². The summed E-state index contributed by atoms with van der Waals surface area (Å²) in [6.45, 7) is 3.24. The molecule has 178 valence electrons. The van der Waals surface area contributed by atoms with E-state index in [1.807, 2.05) is 6.07 Å². The lowest BCUT2D eigenvalue weighted by Crippen LogP contribution is -2.48. The summed E-state index contributed by atoms with van der Waals surface area (Å²) in [6.07, 6.45) is 6.05. The van der Waals surface area contributed by atoms with Crippen LogP contribution in [0.4, 0.5) is 4.39 Å². The van der Waals surface area contributed by atoms with Crippen molar-refractivity contribution in [3.63, 3.8) is 0 Å². The maximum absolute atomic E-state index is 13.9. The number of hydrogen-bond donors (Lipinski definition) is 0. The summed E-state index contributed by atoms with van der Waals surface area (Å²) in [5, 5.41) is 4.00. The highest BCUT2D eigenvalue weighted by atomic mass is 32.2. The topological polar surface area (TPSA) is 58.4 Å². The van der Waals surface area contributed by atoms with Gasteiger partial charge < -0.3 is 0 Å². The predicted molar refractivity (Wildman–Crippen MR) is 128 cm³/mol. The minimum atomic E-state index is -3.50. The van der Waals surface area contributed by atoms with Crippen LogP contribution in [0.25, 0.3) is 0 Å². The average molecular weight is 481 g/mol. The number of sulfonamides is 1. The van der Waals surface area contributed by atoms with Crippen LogP contribution in [0.3, 0.4) is 0 Å². The van der Waals surface area contributed by atoms with Gasteiger partial charge in [0.05, 0.1) is 6.20 Å². The molecule has 1 aliphatic carbocycles. The van der Waals surface area contributed by atoms with E-state index in [0.717, 1.165) is 31.5 Å². The molecule has 6 rings (SSSR count). The van der Waals surface area contributed by atoms with Crippen LogP contribution >= 0.6 is 0 Å². The Labute approximate surface area is 200 Å². The van der Waals surface area contributed by atoms with Crippen molar-refractivity contribution in [2.24, 2.45) is 7.05 Å². The fraction of sp³-hybridized carbons (Fsp3) is 0.423. The number of fused-ring (bicyclic) bond motifs is 1. The summed E-state index contributed by atoms with van der Waals surface area (Å²) in [5.74, 6) is 0.330. The molecule has 2 atom stereocenters. The number of aryl methyl sites for hydroxylation is 1. The van der Waals surface area contributed by atoms with Crippen LogP contribution in [0.15, 0.2) is 59.8 Å². The molecular formula is C26H29FN4O2S. The van der Waals surface area contributed by atoms with E-state index >= 15 is 0 Å². The molecule has 0 amide bonds. The Morgan fingerprint density at radius 2 is 1.94 bits per heavy atom. The molecule has 34 heavy (non-hydrogen) atoms. The summed E-state index contributed by atoms with van der Waals surface area (Å²) in [5.41, 5.74) is 4.96. The quantitative estimate of drug-likeness (QED) is 0.543. The second-order valence-electron chi connectivity index (χ2n) is 9.93. The largest absolute Gasteiger partial charge is 0.299 e. The SMILES string of the molecule is Cn1cc(S(=O)(=O)N2CC(c3ccc4c(c3)C(Cc3cccc(F)c3)C(N3CCC3)C4)C2)cn1. The second kappa shape index (κ2) is 8.29. The summed E-state index contributed by atoms with van der Waals surface area (Å²) >= 11 is 0. The molecule has 0 saturated carbocycles. The first-order valence-corrected chi connectivity index (χ1v) is 13.4. The number of hydrogen-bond acceptors (Lipinski definition) is 4. The smallest absolute Gasteiger partial charge is 0.246 e. The lowest BCUT2D eigenvalue weighted by atomic mass is 9.86. The first kappa shape index (κ1) is 21.9. The van der Waals surface area contributed by atoms with Gasteiger partial charge in [0, 0.05) is 44.2 Å². The van der Waals surface area contributed by atoms with Crippen LogP contribution in [0.1, 0.15) is 40.5 Å². The molecule has 0 bridgehead atoms. The van der Waals surface area contributed by atoms with Crippen LogP contribution in [-0.4, -0.2) is 59.6 Å². The Hall–Kier alpha value is -2.55. The van der Waals surface area contributed by atoms with Gasteiger partial charge in [-0.15, -0.1) is 0 Å². The Balaban J connectivity index is 1.23. The van der Waals surface area contributed by atoms with Crippen molar-refractivity contribution in [2.45, 2.75) is 42.0 Å². The van der Waals surface area contributed by atoms with Crippen molar-refractivity contribution in [3.05, 3.63) is 82.9 Å². The molecule has 1 aromatic heterocycles. The highest BCUT2D eigenvalue weighted by Gasteiger charge is 2.41. The van der Waals surface area contributed by atoms with Crippen molar-refractivity contribution in [1.82, 2.24) is 19.0 Å². The van der Waals surface area contributed by atoms with Crippen LogP contribution in [0.5, 0.6) is 0 Å². The Kier molecular flexibility index (Phi) is 5.35. The third kappa shape index (κ3) is 3.78. The summed E-state index contributed by atoms with van der Waals surface area (Å²) < 4.78 is 42.7. The van der Waals surface area contributed by atoms with E-state index in [4.69, 9.17) is 0 Å². The van der Waals surface area contributed by atoms with Crippen molar-refractivity contribution in [3.8, 4) is 0 Å². The minimum Gasteiger partial charge on any atom is -0.299 e. The Bertz CT molecular complexity index is 1330. The molecule has 2 unspecified atom stereocenters. The number of aromatic nitrogens is 2. The van der Waals surface area contributed by atoms with Crippen LogP contribution in [-0.2, 0) is 29.9 Å². The molecule has 2 aromatic carbocycles. The third-order valence-electron chi connectivity index (χ3n) is 7.81. The zero-order valence-corrected chi connectivity index (χ0v) is 20.1. The second-order valence-corrected chi connectivity index (χ2v) is 11.9. The van der Waals surface area contributed by atoms with E-state index in [1.165, 1.54) is 44.4 Å². The number of likely N-dealkylation sites (tertiary alicyclic amines) is 1. The zero-order valence-electron chi connectivity index (χ0n) is 19.3. The zero-order chi connectivity index (χ0) is 23.4. The van der Waals surface area contributed by atoms with Gasteiger partial charge in [0.2, 0.25) is 10.0 Å². The summed E-state index contributed by atoms with van der Waals surface area (Å²) in [7, 11) is -1.78. The lowest BCUT2D eigenvalue weighted by molar-refractivity contribution is 0.106. The molecule has 2 fully saturated rings. The molecule has 2 saturated heterocycles. The Morgan fingerprint density at radius 3 is 2.62 bits per heavy atom. The highest BCUT2D eigenvalue weighted by molar-refractivity contribution is 7.89. The fourth-order valence-corrected chi connectivity index (χ4v) is 7.24. The monoisotopic (exact) mass is 480 g/mol. The van der Waals surface area contributed by atoms with Gasteiger partial charge in [0.25, 0.3) is 0 Å². The number of rotatable bonds is 6. The molecule has 0 N–H and O–H groups in total. The van der Waals surface area contributed by atoms with E-state index in [2.05, 4.69) is 28.2 Å². The third-order valence-corrected chi connectivity index (χ3v) is 9.59. The molecular weight excluding hydrogens is 451 g/mol. The maximum atomic E-state index is 13.9. The van der Waals surface area contributed by atoms with E-state index in [-0.39, 0.29) is 16.6 Å². The van der Waals surface area contributed by atoms with E-state index in [9.17, 15) is 12.8 Å². The van der Waals surface area contributed by atoms with Gasteiger partial charge in [-0.1, -0.05) is 30.3 Å². The van der Waals surface area contributed by atoms with Gasteiger partial charge in [-0.2, -0.15) is 9.40 Å². The van der Waals surface area contributed by atoms with Crippen molar-refractivity contribution < 1.29 is 12.8 Å². The first-order chi connectivity index (χ1) is 16.4. The molecule has 3 aliphatic rings. The highest BCUT2D eigenvalue weighted by Crippen LogP contribution is 2.42. The molecule has 3 aromatic rings. The molecule has 8 heteroatoms. The molecule has 6 nitrogen and oxygen atoms in total. The van der Waals surface area contributed by atoms with Crippen molar-refractivity contribution >= 4 is 10.0 Å². The van der Waals surface area contributed by atoms with Gasteiger partial charge >= 0.3 is 0 Å². The van der Waals surface area contributed by atoms with E-state index in [1.54, 1.807) is 25.4 Å². The normalized spacial score (nSPS) is 23.5. The molecule has 3 heterocycles. The summed E-state index contributed by atoms with van der Waals surface area (Å²) in [4.78, 5) is 2.81. The van der Waals surface area contributed by atoms with Gasteiger partial charge in [0.1, 0.15) is 10.7 Å².